The molecule has 0 aliphatic rings. The van der Waals surface area contributed by atoms with E-state index in [2.05, 4.69) is 5.32 Å². The van der Waals surface area contributed by atoms with E-state index < -0.39 is 32.3 Å². The molecule has 0 aliphatic heterocycles. The molecule has 0 radical (unpaired) electrons. The van der Waals surface area contributed by atoms with Crippen LogP contribution in [-0.4, -0.2) is 30.9 Å². The Balaban J connectivity index is 2.83. The van der Waals surface area contributed by atoms with E-state index in [0.717, 1.165) is 12.1 Å². The van der Waals surface area contributed by atoms with Gasteiger partial charge < -0.3 is 5.32 Å². The number of nitrogens with one attached hydrogen (secondary N) is 1. The van der Waals surface area contributed by atoms with E-state index in [9.17, 15) is 22.9 Å². The van der Waals surface area contributed by atoms with Crippen molar-refractivity contribution in [3.63, 3.8) is 0 Å². The number of nitro benzene ring substituents is 1. The molecule has 19 heavy (non-hydrogen) atoms. The average Bonchev–Trinajstić information content (AvgIpc) is 2.30. The Morgan fingerprint density at radius 2 is 2.11 bits per heavy atom. The third-order valence-electron chi connectivity index (χ3n) is 2.50. The molecule has 0 amide bonds. The molecule has 0 fully saturated rings. The summed E-state index contributed by atoms with van der Waals surface area (Å²) >= 11 is 0. The molecule has 0 spiro atoms. The topological polar surface area (TPSA) is 89.3 Å². The van der Waals surface area contributed by atoms with Gasteiger partial charge in [-0.2, -0.15) is 4.39 Å². The lowest BCUT2D eigenvalue weighted by Gasteiger charge is -2.14. The summed E-state index contributed by atoms with van der Waals surface area (Å²) in [6, 6.07) is 2.93. The maximum Gasteiger partial charge on any atom is 0.306 e. The monoisotopic (exact) mass is 290 g/mol. The van der Waals surface area contributed by atoms with Crippen LogP contribution in [-0.2, 0) is 9.84 Å². The van der Waals surface area contributed by atoms with Crippen molar-refractivity contribution in [1.82, 2.24) is 0 Å². The molecule has 6 nitrogen and oxygen atoms in total. The van der Waals surface area contributed by atoms with E-state index >= 15 is 0 Å². The van der Waals surface area contributed by atoms with E-state index in [1.54, 1.807) is 13.8 Å². The third kappa shape index (κ3) is 4.47. The smallest absolute Gasteiger partial charge is 0.306 e. The Hall–Kier alpha value is -1.70. The van der Waals surface area contributed by atoms with Crippen LogP contribution < -0.4 is 5.32 Å². The molecule has 0 saturated carbocycles. The zero-order chi connectivity index (χ0) is 14.6. The summed E-state index contributed by atoms with van der Waals surface area (Å²) in [6.45, 7) is 3.19. The molecule has 106 valence electrons. The van der Waals surface area contributed by atoms with Crippen molar-refractivity contribution in [3.8, 4) is 0 Å². The maximum absolute atomic E-state index is 13.1. The van der Waals surface area contributed by atoms with Gasteiger partial charge in [0.1, 0.15) is 0 Å². The predicted molar refractivity (Wildman–Crippen MR) is 70.5 cm³/mol. The van der Waals surface area contributed by atoms with Gasteiger partial charge in [-0.1, -0.05) is 6.92 Å². The van der Waals surface area contributed by atoms with Crippen molar-refractivity contribution in [2.45, 2.75) is 19.9 Å². The number of nitro groups is 1. The maximum atomic E-state index is 13.1. The SMILES string of the molecule is CCS(=O)(=O)CC(C)Nc1ccc(F)c([N+](=O)[O-])c1. The molecule has 8 heteroatoms. The van der Waals surface area contributed by atoms with E-state index in [0.29, 0.717) is 5.69 Å². The number of hydrogen-bond donors (Lipinski definition) is 1. The highest BCUT2D eigenvalue weighted by atomic mass is 32.2. The third-order valence-corrected chi connectivity index (χ3v) is 4.39. The minimum Gasteiger partial charge on any atom is -0.381 e. The first-order chi connectivity index (χ1) is 8.75. The second-order valence-electron chi connectivity index (χ2n) is 4.17. The number of hydrogen-bond acceptors (Lipinski definition) is 5. The fourth-order valence-corrected chi connectivity index (χ4v) is 2.65. The van der Waals surface area contributed by atoms with Crippen LogP contribution in [0, 0.1) is 15.9 Å². The summed E-state index contributed by atoms with van der Waals surface area (Å²) in [5.74, 6) is -0.985. The molecule has 1 N–H and O–H groups in total. The number of benzene rings is 1. The fourth-order valence-electron chi connectivity index (χ4n) is 1.57. The first kappa shape index (κ1) is 15.4. The van der Waals surface area contributed by atoms with Crippen LogP contribution in [0.2, 0.25) is 0 Å². The molecule has 1 aromatic rings. The van der Waals surface area contributed by atoms with Crippen molar-refractivity contribution in [2.75, 3.05) is 16.8 Å². The Kier molecular flexibility index (Phi) is 4.82. The molecule has 0 aliphatic carbocycles. The highest BCUT2D eigenvalue weighted by Crippen LogP contribution is 2.22. The van der Waals surface area contributed by atoms with Crippen LogP contribution in [0.4, 0.5) is 15.8 Å². The summed E-state index contributed by atoms with van der Waals surface area (Å²) < 4.78 is 36.0. The van der Waals surface area contributed by atoms with Crippen LogP contribution >= 0.6 is 0 Å². The van der Waals surface area contributed by atoms with Crippen LogP contribution in [0.15, 0.2) is 18.2 Å². The van der Waals surface area contributed by atoms with Crippen LogP contribution in [0.5, 0.6) is 0 Å². The molecule has 0 aromatic heterocycles. The Labute approximate surface area is 110 Å². The first-order valence-electron chi connectivity index (χ1n) is 5.66. The van der Waals surface area contributed by atoms with Gasteiger partial charge >= 0.3 is 5.69 Å². The summed E-state index contributed by atoms with van der Waals surface area (Å²) in [5.41, 5.74) is -0.331. The Morgan fingerprint density at radius 1 is 1.47 bits per heavy atom. The number of rotatable bonds is 6. The fraction of sp³-hybridized carbons (Fsp3) is 0.455. The van der Waals surface area contributed by atoms with Crippen molar-refractivity contribution in [1.29, 1.82) is 0 Å². The standard InChI is InChI=1S/C11H15FN2O4S/c1-3-19(17,18)7-8(2)13-9-4-5-10(12)11(6-9)14(15)16/h4-6,8,13H,3,7H2,1-2H3. The quantitative estimate of drug-likeness (QED) is 0.639. The molecule has 1 rings (SSSR count). The summed E-state index contributed by atoms with van der Waals surface area (Å²) in [4.78, 5) is 9.75. The molecule has 0 bridgehead atoms. The highest BCUT2D eigenvalue weighted by Gasteiger charge is 2.17. The second kappa shape index (κ2) is 5.96. The molecule has 0 saturated heterocycles. The molecule has 1 aromatic carbocycles. The Bertz CT molecular complexity index is 574. The molecule has 0 heterocycles. The highest BCUT2D eigenvalue weighted by molar-refractivity contribution is 7.91. The largest absolute Gasteiger partial charge is 0.381 e. The number of anilines is 1. The lowest BCUT2D eigenvalue weighted by atomic mass is 10.2. The van der Waals surface area contributed by atoms with Gasteiger partial charge in [0.15, 0.2) is 9.84 Å². The van der Waals surface area contributed by atoms with Gasteiger partial charge in [-0.15, -0.1) is 0 Å². The number of halogens is 1. The van der Waals surface area contributed by atoms with Gasteiger partial charge in [0.25, 0.3) is 0 Å². The van der Waals surface area contributed by atoms with Gasteiger partial charge in [0.05, 0.1) is 10.7 Å². The van der Waals surface area contributed by atoms with Crippen molar-refractivity contribution in [2.24, 2.45) is 0 Å². The first-order valence-corrected chi connectivity index (χ1v) is 7.48. The van der Waals surface area contributed by atoms with E-state index in [-0.39, 0.29) is 11.5 Å². The molecule has 1 unspecified atom stereocenters. The predicted octanol–water partition coefficient (Wildman–Crippen LogP) is 1.97. The van der Waals surface area contributed by atoms with E-state index in [1.807, 2.05) is 0 Å². The van der Waals surface area contributed by atoms with Gasteiger partial charge in [-0.05, 0) is 19.1 Å². The second-order valence-corrected chi connectivity index (χ2v) is 6.57. The van der Waals surface area contributed by atoms with Crippen LogP contribution in [0.25, 0.3) is 0 Å². The van der Waals surface area contributed by atoms with Crippen LogP contribution in [0.3, 0.4) is 0 Å². The van der Waals surface area contributed by atoms with Crippen molar-refractivity contribution >= 4 is 21.2 Å². The minimum absolute atomic E-state index is 0.0303. The van der Waals surface area contributed by atoms with Gasteiger partial charge in [0.2, 0.25) is 5.82 Å². The molecule has 1 atom stereocenters. The number of sulfone groups is 1. The van der Waals surface area contributed by atoms with E-state index in [4.69, 9.17) is 0 Å². The summed E-state index contributed by atoms with van der Waals surface area (Å²) in [5, 5.41) is 13.4. The van der Waals surface area contributed by atoms with Gasteiger partial charge in [-0.25, -0.2) is 8.42 Å². The normalized spacial score (nSPS) is 13.0. The van der Waals surface area contributed by atoms with Gasteiger partial charge in [0, 0.05) is 23.5 Å². The number of nitrogens with zero attached hydrogens (tertiary/aromatic N) is 1. The lowest BCUT2D eigenvalue weighted by Crippen LogP contribution is -2.26. The molecular formula is C11H15FN2O4S. The zero-order valence-corrected chi connectivity index (χ0v) is 11.4. The summed E-state index contributed by atoms with van der Waals surface area (Å²) in [6.07, 6.45) is 0. The Morgan fingerprint density at radius 3 is 2.63 bits per heavy atom. The van der Waals surface area contributed by atoms with Crippen LogP contribution in [0.1, 0.15) is 13.8 Å². The zero-order valence-electron chi connectivity index (χ0n) is 10.6. The summed E-state index contributed by atoms with van der Waals surface area (Å²) in [7, 11) is -3.14. The van der Waals surface area contributed by atoms with Gasteiger partial charge in [-0.3, -0.25) is 10.1 Å². The lowest BCUT2D eigenvalue weighted by molar-refractivity contribution is -0.387. The van der Waals surface area contributed by atoms with Crippen molar-refractivity contribution < 1.29 is 17.7 Å². The minimum atomic E-state index is -3.14. The van der Waals surface area contributed by atoms with Crippen molar-refractivity contribution in [3.05, 3.63) is 34.1 Å². The molecular weight excluding hydrogens is 275 g/mol. The average molecular weight is 290 g/mol. The van der Waals surface area contributed by atoms with E-state index in [1.165, 1.54) is 6.07 Å².